The molecule has 1 fully saturated rings. The fraction of sp³-hybridized carbons (Fsp3) is 0.435. The lowest BCUT2D eigenvalue weighted by atomic mass is 9.72. The summed E-state index contributed by atoms with van der Waals surface area (Å²) in [4.78, 5) is 17.8. The van der Waals surface area contributed by atoms with Crippen molar-refractivity contribution in [2.24, 2.45) is 5.92 Å². The molecule has 1 heterocycles. The molecular weight excluding hydrogens is 336 g/mol. The average Bonchev–Trinajstić information content (AvgIpc) is 2.70. The van der Waals surface area contributed by atoms with Gasteiger partial charge in [-0.05, 0) is 45.6 Å². The quantitative estimate of drug-likeness (QED) is 0.765. The lowest BCUT2D eigenvalue weighted by Crippen LogP contribution is -2.53. The molecule has 144 valence electrons. The second kappa shape index (κ2) is 8.79. The maximum Gasteiger partial charge on any atom is 0.170 e. The number of hydrogen-bond acceptors (Lipinski definition) is 4. The van der Waals surface area contributed by atoms with E-state index in [2.05, 4.69) is 23.9 Å². The molecule has 4 nitrogen and oxygen atoms in total. The summed E-state index contributed by atoms with van der Waals surface area (Å²) in [5.74, 6) is -0.435. The monoisotopic (exact) mass is 366 g/mol. The SMILES string of the molecule is CN(C)CCCN1CCC(O)(c2ccccc2)C(C(=O)c2ccccc2)C1. The van der Waals surface area contributed by atoms with Crippen LogP contribution in [0.15, 0.2) is 60.7 Å². The van der Waals surface area contributed by atoms with E-state index in [1.165, 1.54) is 0 Å². The third-order valence-electron chi connectivity index (χ3n) is 5.55. The summed E-state index contributed by atoms with van der Waals surface area (Å²) < 4.78 is 0. The molecule has 2 atom stereocenters. The van der Waals surface area contributed by atoms with Crippen LogP contribution in [0.1, 0.15) is 28.8 Å². The molecule has 1 aliphatic rings. The number of hydrogen-bond donors (Lipinski definition) is 1. The van der Waals surface area contributed by atoms with Crippen molar-refractivity contribution < 1.29 is 9.90 Å². The van der Waals surface area contributed by atoms with Crippen LogP contribution >= 0.6 is 0 Å². The highest BCUT2D eigenvalue weighted by molar-refractivity contribution is 5.98. The van der Waals surface area contributed by atoms with E-state index in [4.69, 9.17) is 0 Å². The number of benzene rings is 2. The Labute approximate surface area is 162 Å². The molecule has 4 heteroatoms. The third kappa shape index (κ3) is 4.64. The number of carbonyl (C=O) groups excluding carboxylic acids is 1. The Morgan fingerprint density at radius 3 is 2.37 bits per heavy atom. The largest absolute Gasteiger partial charge is 0.384 e. The van der Waals surface area contributed by atoms with Gasteiger partial charge in [0.25, 0.3) is 0 Å². The zero-order valence-corrected chi connectivity index (χ0v) is 16.3. The minimum absolute atomic E-state index is 0.0271. The molecule has 2 unspecified atom stereocenters. The molecule has 2 aromatic carbocycles. The van der Waals surface area contributed by atoms with Crippen molar-refractivity contribution in [2.75, 3.05) is 40.3 Å². The Morgan fingerprint density at radius 1 is 1.11 bits per heavy atom. The molecular formula is C23H30N2O2. The van der Waals surface area contributed by atoms with E-state index in [9.17, 15) is 9.90 Å². The molecule has 0 aromatic heterocycles. The normalized spacial score (nSPS) is 23.5. The molecule has 0 spiro atoms. The Balaban J connectivity index is 1.84. The standard InChI is InChI=1S/C23H30N2O2/c1-24(2)15-9-16-25-17-14-23(27,20-12-7-4-8-13-20)21(18-25)22(26)19-10-5-3-6-11-19/h3-8,10-13,21,27H,9,14-18H2,1-2H3. The van der Waals surface area contributed by atoms with E-state index in [1.54, 1.807) is 0 Å². The average molecular weight is 367 g/mol. The topological polar surface area (TPSA) is 43.8 Å². The van der Waals surface area contributed by atoms with Gasteiger partial charge in [0.1, 0.15) is 5.60 Å². The van der Waals surface area contributed by atoms with Crippen LogP contribution in [-0.2, 0) is 5.60 Å². The first kappa shape index (κ1) is 19.7. The molecule has 1 aliphatic heterocycles. The number of likely N-dealkylation sites (tertiary alicyclic amines) is 1. The van der Waals surface area contributed by atoms with Crippen molar-refractivity contribution in [3.05, 3.63) is 71.8 Å². The minimum Gasteiger partial charge on any atom is -0.384 e. The van der Waals surface area contributed by atoms with E-state index in [0.29, 0.717) is 18.5 Å². The lowest BCUT2D eigenvalue weighted by Gasteiger charge is -2.44. The van der Waals surface area contributed by atoms with Crippen LogP contribution in [0.25, 0.3) is 0 Å². The van der Waals surface area contributed by atoms with Gasteiger partial charge in [-0.3, -0.25) is 4.79 Å². The molecule has 1 N–H and O–H groups in total. The van der Waals surface area contributed by atoms with Gasteiger partial charge in [0, 0.05) is 18.7 Å². The van der Waals surface area contributed by atoms with Crippen molar-refractivity contribution >= 4 is 5.78 Å². The number of aliphatic hydroxyl groups is 1. The summed E-state index contributed by atoms with van der Waals surface area (Å²) in [5, 5.41) is 11.6. The Hall–Kier alpha value is -2.01. The van der Waals surface area contributed by atoms with Gasteiger partial charge in [0.2, 0.25) is 0 Å². The summed E-state index contributed by atoms with van der Waals surface area (Å²) in [5.41, 5.74) is 0.394. The molecule has 3 rings (SSSR count). The van der Waals surface area contributed by atoms with Crippen LogP contribution in [0.4, 0.5) is 0 Å². The van der Waals surface area contributed by atoms with Gasteiger partial charge >= 0.3 is 0 Å². The zero-order valence-electron chi connectivity index (χ0n) is 16.3. The first-order valence-electron chi connectivity index (χ1n) is 9.75. The number of rotatable bonds is 7. The Kier molecular flexibility index (Phi) is 6.42. The van der Waals surface area contributed by atoms with Crippen molar-refractivity contribution in [1.29, 1.82) is 0 Å². The van der Waals surface area contributed by atoms with Gasteiger partial charge in [-0.25, -0.2) is 0 Å². The van der Waals surface area contributed by atoms with Gasteiger partial charge < -0.3 is 14.9 Å². The van der Waals surface area contributed by atoms with Gasteiger partial charge in [0.15, 0.2) is 5.78 Å². The van der Waals surface area contributed by atoms with Crippen LogP contribution in [-0.4, -0.2) is 61.0 Å². The fourth-order valence-corrected chi connectivity index (χ4v) is 3.99. The number of ketones is 1. The van der Waals surface area contributed by atoms with Crippen LogP contribution in [0.3, 0.4) is 0 Å². The summed E-state index contributed by atoms with van der Waals surface area (Å²) in [7, 11) is 4.15. The van der Waals surface area contributed by atoms with Crippen LogP contribution in [0.2, 0.25) is 0 Å². The van der Waals surface area contributed by atoms with E-state index in [0.717, 1.165) is 31.6 Å². The van der Waals surface area contributed by atoms with Crippen molar-refractivity contribution in [3.8, 4) is 0 Å². The van der Waals surface area contributed by atoms with E-state index in [-0.39, 0.29) is 5.78 Å². The van der Waals surface area contributed by atoms with Crippen LogP contribution in [0, 0.1) is 5.92 Å². The number of Topliss-reactive ketones (excluding diaryl/α,β-unsaturated/α-hetero) is 1. The highest BCUT2D eigenvalue weighted by Crippen LogP contribution is 2.39. The van der Waals surface area contributed by atoms with Crippen LogP contribution in [0.5, 0.6) is 0 Å². The molecule has 2 aromatic rings. The second-order valence-electron chi connectivity index (χ2n) is 7.78. The summed E-state index contributed by atoms with van der Waals surface area (Å²) >= 11 is 0. The molecule has 1 saturated heterocycles. The second-order valence-corrected chi connectivity index (χ2v) is 7.78. The number of nitrogens with zero attached hydrogens (tertiary/aromatic N) is 2. The first-order chi connectivity index (χ1) is 13.0. The Morgan fingerprint density at radius 2 is 1.74 bits per heavy atom. The molecule has 0 saturated carbocycles. The van der Waals surface area contributed by atoms with Gasteiger partial charge in [0.05, 0.1) is 5.92 Å². The smallest absolute Gasteiger partial charge is 0.170 e. The van der Waals surface area contributed by atoms with E-state index < -0.39 is 11.5 Å². The maximum absolute atomic E-state index is 13.3. The summed E-state index contributed by atoms with van der Waals surface area (Å²) in [6.07, 6.45) is 1.63. The van der Waals surface area contributed by atoms with E-state index >= 15 is 0 Å². The van der Waals surface area contributed by atoms with Gasteiger partial charge in [-0.15, -0.1) is 0 Å². The maximum atomic E-state index is 13.3. The summed E-state index contributed by atoms with van der Waals surface area (Å²) in [6, 6.07) is 19.0. The highest BCUT2D eigenvalue weighted by Gasteiger charge is 2.46. The highest BCUT2D eigenvalue weighted by atomic mass is 16.3. The molecule has 27 heavy (non-hydrogen) atoms. The van der Waals surface area contributed by atoms with E-state index in [1.807, 2.05) is 60.7 Å². The number of piperidine rings is 1. The van der Waals surface area contributed by atoms with Crippen LogP contribution < -0.4 is 0 Å². The molecule has 0 radical (unpaired) electrons. The molecule has 0 amide bonds. The van der Waals surface area contributed by atoms with Crippen molar-refractivity contribution in [1.82, 2.24) is 9.80 Å². The zero-order chi connectivity index (χ0) is 19.3. The van der Waals surface area contributed by atoms with Gasteiger partial charge in [-0.1, -0.05) is 60.7 Å². The predicted molar refractivity (Wildman–Crippen MR) is 109 cm³/mol. The van der Waals surface area contributed by atoms with Crippen molar-refractivity contribution in [3.63, 3.8) is 0 Å². The fourth-order valence-electron chi connectivity index (χ4n) is 3.99. The predicted octanol–water partition coefficient (Wildman–Crippen LogP) is 3.03. The van der Waals surface area contributed by atoms with Gasteiger partial charge in [-0.2, -0.15) is 0 Å². The lowest BCUT2D eigenvalue weighted by molar-refractivity contribution is -0.0644. The van der Waals surface area contributed by atoms with Crippen molar-refractivity contribution in [2.45, 2.75) is 18.4 Å². The minimum atomic E-state index is -1.12. The number of carbonyl (C=O) groups is 1. The Bertz CT molecular complexity index is 733. The molecule has 0 aliphatic carbocycles. The first-order valence-corrected chi connectivity index (χ1v) is 9.75. The molecule has 0 bridgehead atoms. The third-order valence-corrected chi connectivity index (χ3v) is 5.55. The summed E-state index contributed by atoms with van der Waals surface area (Å²) in [6.45, 7) is 3.36.